The summed E-state index contributed by atoms with van der Waals surface area (Å²) in [4.78, 5) is 29.0. The summed E-state index contributed by atoms with van der Waals surface area (Å²) < 4.78 is 0. The van der Waals surface area contributed by atoms with E-state index in [1.807, 2.05) is 67.6 Å². The zero-order chi connectivity index (χ0) is 21.8. The molecule has 5 nitrogen and oxygen atoms in total. The Kier molecular flexibility index (Phi) is 5.76. The predicted octanol–water partition coefficient (Wildman–Crippen LogP) is 5.27. The van der Waals surface area contributed by atoms with Gasteiger partial charge >= 0.3 is 5.97 Å². The highest BCUT2D eigenvalue weighted by atomic mass is 16.4. The van der Waals surface area contributed by atoms with E-state index in [1.54, 1.807) is 24.4 Å². The first kappa shape index (κ1) is 20.3. The molecule has 5 heteroatoms. The topological polar surface area (TPSA) is 79.3 Å². The summed E-state index contributed by atoms with van der Waals surface area (Å²) in [6.07, 6.45) is 2.15. The molecule has 3 aromatic carbocycles. The number of anilines is 1. The van der Waals surface area contributed by atoms with Crippen LogP contribution in [0.1, 0.15) is 39.9 Å². The molecule has 31 heavy (non-hydrogen) atoms. The van der Waals surface area contributed by atoms with Crippen molar-refractivity contribution in [2.24, 2.45) is 0 Å². The Balaban J connectivity index is 1.60. The van der Waals surface area contributed by atoms with Gasteiger partial charge in [0.05, 0.1) is 17.0 Å². The molecular weight excluding hydrogens is 388 g/mol. The third kappa shape index (κ3) is 4.31. The van der Waals surface area contributed by atoms with Gasteiger partial charge in [-0.1, -0.05) is 54.6 Å². The summed E-state index contributed by atoms with van der Waals surface area (Å²) in [7, 11) is 0. The molecular formula is C26H22N2O3. The molecule has 0 saturated carbocycles. The second kappa shape index (κ2) is 8.79. The van der Waals surface area contributed by atoms with E-state index in [9.17, 15) is 14.7 Å². The van der Waals surface area contributed by atoms with Crippen LogP contribution >= 0.6 is 0 Å². The van der Waals surface area contributed by atoms with Gasteiger partial charge < -0.3 is 10.4 Å². The van der Waals surface area contributed by atoms with E-state index in [0.29, 0.717) is 17.7 Å². The summed E-state index contributed by atoms with van der Waals surface area (Å²) >= 11 is 0. The Morgan fingerprint density at radius 1 is 0.903 bits per heavy atom. The lowest BCUT2D eigenvalue weighted by atomic mass is 9.95. The van der Waals surface area contributed by atoms with Crippen LogP contribution in [0.5, 0.6) is 0 Å². The number of aromatic nitrogens is 1. The number of amides is 1. The summed E-state index contributed by atoms with van der Waals surface area (Å²) in [5, 5.41) is 13.5. The van der Waals surface area contributed by atoms with E-state index < -0.39 is 5.97 Å². The number of fused-ring (bicyclic) bond motifs is 1. The molecule has 154 valence electrons. The average Bonchev–Trinajstić information content (AvgIpc) is 2.79. The van der Waals surface area contributed by atoms with E-state index >= 15 is 0 Å². The van der Waals surface area contributed by atoms with E-state index in [0.717, 1.165) is 22.0 Å². The van der Waals surface area contributed by atoms with Gasteiger partial charge in [-0.3, -0.25) is 9.78 Å². The number of nitrogens with one attached hydrogen (secondary N) is 1. The molecule has 1 unspecified atom stereocenters. The molecule has 0 fully saturated rings. The van der Waals surface area contributed by atoms with Gasteiger partial charge in [-0.25, -0.2) is 4.79 Å². The first-order valence-corrected chi connectivity index (χ1v) is 10.1. The summed E-state index contributed by atoms with van der Waals surface area (Å²) in [5.74, 6) is -1.47. The fourth-order valence-electron chi connectivity index (χ4n) is 3.77. The van der Waals surface area contributed by atoms with Gasteiger partial charge in [0, 0.05) is 23.7 Å². The number of carboxylic acid groups (broad SMARTS) is 1. The largest absolute Gasteiger partial charge is 0.478 e. The van der Waals surface area contributed by atoms with E-state index in [1.165, 1.54) is 0 Å². The number of hydrogen-bond donors (Lipinski definition) is 2. The first-order valence-electron chi connectivity index (χ1n) is 10.1. The number of carboxylic acids is 1. The quantitative estimate of drug-likeness (QED) is 0.454. The predicted molar refractivity (Wildman–Crippen MR) is 121 cm³/mol. The monoisotopic (exact) mass is 410 g/mol. The second-order valence-corrected chi connectivity index (χ2v) is 7.42. The van der Waals surface area contributed by atoms with Gasteiger partial charge in [-0.15, -0.1) is 0 Å². The standard InChI is InChI=1S/C26H22N2O3/c1-17(20-11-6-14-24-22(20)12-7-15-27-24)25(29)28-23-13-5-3-9-19(23)16-18-8-2-4-10-21(18)26(30)31/h2-15,17H,16H2,1H3,(H,28,29)(H,30,31). The van der Waals surface area contributed by atoms with Crippen LogP contribution in [0.4, 0.5) is 5.69 Å². The number of carbonyl (C=O) groups excluding carboxylic acids is 1. The minimum atomic E-state index is -0.963. The van der Waals surface area contributed by atoms with Crippen molar-refractivity contribution in [3.8, 4) is 0 Å². The number of para-hydroxylation sites is 1. The molecule has 0 aliphatic heterocycles. The SMILES string of the molecule is CC(C(=O)Nc1ccccc1Cc1ccccc1C(=O)O)c1cccc2ncccc12. The van der Waals surface area contributed by atoms with Crippen LogP contribution in [0.15, 0.2) is 85.1 Å². The molecule has 4 rings (SSSR count). The number of rotatable bonds is 6. The third-order valence-corrected chi connectivity index (χ3v) is 5.44. The maximum absolute atomic E-state index is 13.1. The van der Waals surface area contributed by atoms with Crippen molar-refractivity contribution in [3.63, 3.8) is 0 Å². The number of aromatic carboxylic acids is 1. The highest BCUT2D eigenvalue weighted by molar-refractivity contribution is 5.99. The van der Waals surface area contributed by atoms with E-state index in [-0.39, 0.29) is 17.4 Å². The summed E-state index contributed by atoms with van der Waals surface area (Å²) in [5.41, 5.74) is 4.27. The Hall–Kier alpha value is -3.99. The number of pyridine rings is 1. The van der Waals surface area contributed by atoms with Crippen LogP contribution in [0.25, 0.3) is 10.9 Å². The highest BCUT2D eigenvalue weighted by Crippen LogP contribution is 2.27. The lowest BCUT2D eigenvalue weighted by Gasteiger charge is -2.17. The third-order valence-electron chi connectivity index (χ3n) is 5.44. The Bertz CT molecular complexity index is 1260. The molecule has 0 aliphatic carbocycles. The number of carbonyl (C=O) groups is 2. The van der Waals surface area contributed by atoms with Gasteiger partial charge in [0.2, 0.25) is 5.91 Å². The molecule has 1 atom stereocenters. The van der Waals surface area contributed by atoms with Crippen molar-refractivity contribution in [2.75, 3.05) is 5.32 Å². The van der Waals surface area contributed by atoms with Gasteiger partial charge in [-0.2, -0.15) is 0 Å². The molecule has 0 spiro atoms. The first-order chi connectivity index (χ1) is 15.0. The van der Waals surface area contributed by atoms with Crippen molar-refractivity contribution in [3.05, 3.63) is 107 Å². The highest BCUT2D eigenvalue weighted by Gasteiger charge is 2.19. The minimum Gasteiger partial charge on any atom is -0.478 e. The van der Waals surface area contributed by atoms with Crippen LogP contribution in [0.2, 0.25) is 0 Å². The fraction of sp³-hybridized carbons (Fsp3) is 0.115. The van der Waals surface area contributed by atoms with Gasteiger partial charge in [-0.05, 0) is 47.9 Å². The maximum Gasteiger partial charge on any atom is 0.335 e. The van der Waals surface area contributed by atoms with Crippen molar-refractivity contribution in [1.82, 2.24) is 4.98 Å². The van der Waals surface area contributed by atoms with E-state index in [4.69, 9.17) is 0 Å². The Morgan fingerprint density at radius 2 is 1.65 bits per heavy atom. The molecule has 0 saturated heterocycles. The molecule has 0 radical (unpaired) electrons. The lowest BCUT2D eigenvalue weighted by molar-refractivity contribution is -0.117. The normalized spacial score (nSPS) is 11.8. The summed E-state index contributed by atoms with van der Waals surface area (Å²) in [6.45, 7) is 1.87. The van der Waals surface area contributed by atoms with Gasteiger partial charge in [0.25, 0.3) is 0 Å². The van der Waals surface area contributed by atoms with Crippen LogP contribution in [-0.2, 0) is 11.2 Å². The van der Waals surface area contributed by atoms with Crippen molar-refractivity contribution < 1.29 is 14.7 Å². The average molecular weight is 410 g/mol. The zero-order valence-electron chi connectivity index (χ0n) is 17.1. The Labute approximate surface area is 180 Å². The van der Waals surface area contributed by atoms with Crippen LogP contribution < -0.4 is 5.32 Å². The number of hydrogen-bond acceptors (Lipinski definition) is 3. The smallest absolute Gasteiger partial charge is 0.335 e. The summed E-state index contributed by atoms with van der Waals surface area (Å²) in [6, 6.07) is 24.0. The number of nitrogens with zero attached hydrogens (tertiary/aromatic N) is 1. The van der Waals surface area contributed by atoms with Gasteiger partial charge in [0.1, 0.15) is 0 Å². The van der Waals surface area contributed by atoms with Crippen LogP contribution in [0.3, 0.4) is 0 Å². The number of benzene rings is 3. The molecule has 2 N–H and O–H groups in total. The molecule has 0 aliphatic rings. The van der Waals surface area contributed by atoms with E-state index in [2.05, 4.69) is 10.3 Å². The molecule has 4 aromatic rings. The van der Waals surface area contributed by atoms with Gasteiger partial charge in [0.15, 0.2) is 0 Å². The maximum atomic E-state index is 13.1. The fourth-order valence-corrected chi connectivity index (χ4v) is 3.77. The molecule has 1 aromatic heterocycles. The van der Waals surface area contributed by atoms with Crippen molar-refractivity contribution in [2.45, 2.75) is 19.3 Å². The lowest BCUT2D eigenvalue weighted by Crippen LogP contribution is -2.20. The van der Waals surface area contributed by atoms with Crippen LogP contribution in [-0.4, -0.2) is 22.0 Å². The zero-order valence-corrected chi connectivity index (χ0v) is 17.1. The molecule has 0 bridgehead atoms. The van der Waals surface area contributed by atoms with Crippen molar-refractivity contribution >= 4 is 28.5 Å². The van der Waals surface area contributed by atoms with Crippen LogP contribution in [0, 0.1) is 0 Å². The van der Waals surface area contributed by atoms with Crippen molar-refractivity contribution in [1.29, 1.82) is 0 Å². The molecule has 1 heterocycles. The molecule has 1 amide bonds. The minimum absolute atomic E-state index is 0.129. The Morgan fingerprint density at radius 3 is 2.45 bits per heavy atom. The second-order valence-electron chi connectivity index (χ2n) is 7.42.